The van der Waals surface area contributed by atoms with Crippen LogP contribution in [0.4, 0.5) is 5.69 Å². The number of amides is 1. The molecule has 0 fully saturated rings. The standard InChI is InChI=1S/C21H15BrN2O3/c22-16-11-14(6-8-18(16)25)21-24-17-12-15(7-9-19(17)27-21)23-20(26)10-13-4-2-1-3-5-13/h1-9,11-12,25H,10H2,(H,23,26). The van der Waals surface area contributed by atoms with Crippen LogP contribution in [0.25, 0.3) is 22.6 Å². The molecule has 1 heterocycles. The van der Waals surface area contributed by atoms with Gasteiger partial charge in [0, 0.05) is 11.3 Å². The smallest absolute Gasteiger partial charge is 0.228 e. The number of oxazole rings is 1. The normalized spacial score (nSPS) is 10.9. The quantitative estimate of drug-likeness (QED) is 0.477. The molecule has 0 bridgehead atoms. The SMILES string of the molecule is O=C(Cc1ccccc1)Nc1ccc2oc(-c3ccc(O)c(Br)c3)nc2c1. The number of fused-ring (bicyclic) bond motifs is 1. The molecule has 1 aromatic heterocycles. The van der Waals surface area contributed by atoms with Crippen molar-refractivity contribution in [1.82, 2.24) is 4.98 Å². The number of rotatable bonds is 4. The van der Waals surface area contributed by atoms with Gasteiger partial charge in [-0.05, 0) is 57.9 Å². The van der Waals surface area contributed by atoms with Crippen LogP contribution < -0.4 is 5.32 Å². The summed E-state index contributed by atoms with van der Waals surface area (Å²) in [6.45, 7) is 0. The Kier molecular flexibility index (Phi) is 4.64. The minimum atomic E-state index is -0.0910. The van der Waals surface area contributed by atoms with Gasteiger partial charge < -0.3 is 14.8 Å². The molecular formula is C21H15BrN2O3. The van der Waals surface area contributed by atoms with Crippen molar-refractivity contribution in [1.29, 1.82) is 0 Å². The maximum absolute atomic E-state index is 12.2. The Labute approximate surface area is 163 Å². The molecule has 4 rings (SSSR count). The fraction of sp³-hybridized carbons (Fsp3) is 0.0476. The van der Waals surface area contributed by atoms with Crippen LogP contribution in [0.5, 0.6) is 5.75 Å². The molecule has 6 heteroatoms. The zero-order valence-electron chi connectivity index (χ0n) is 14.1. The Morgan fingerprint density at radius 3 is 2.67 bits per heavy atom. The van der Waals surface area contributed by atoms with Gasteiger partial charge in [-0.3, -0.25) is 4.79 Å². The van der Waals surface area contributed by atoms with E-state index in [1.165, 1.54) is 0 Å². The molecule has 0 aliphatic carbocycles. The summed E-state index contributed by atoms with van der Waals surface area (Å²) in [5.74, 6) is 0.503. The summed E-state index contributed by atoms with van der Waals surface area (Å²) >= 11 is 3.29. The van der Waals surface area contributed by atoms with Crippen LogP contribution in [0.1, 0.15) is 5.56 Å². The van der Waals surface area contributed by atoms with Crippen molar-refractivity contribution in [3.05, 3.63) is 76.8 Å². The molecule has 0 aliphatic heterocycles. The highest BCUT2D eigenvalue weighted by Crippen LogP contribution is 2.31. The van der Waals surface area contributed by atoms with Crippen LogP contribution >= 0.6 is 15.9 Å². The fourth-order valence-electron chi connectivity index (χ4n) is 2.76. The lowest BCUT2D eigenvalue weighted by Crippen LogP contribution is -2.14. The second-order valence-corrected chi connectivity index (χ2v) is 6.93. The number of aromatic nitrogens is 1. The van der Waals surface area contributed by atoms with Gasteiger partial charge in [0.25, 0.3) is 0 Å². The van der Waals surface area contributed by atoms with Gasteiger partial charge >= 0.3 is 0 Å². The van der Waals surface area contributed by atoms with Crippen molar-refractivity contribution >= 4 is 38.6 Å². The predicted octanol–water partition coefficient (Wildman–Crippen LogP) is 5.14. The van der Waals surface area contributed by atoms with Crippen molar-refractivity contribution in [3.63, 3.8) is 0 Å². The lowest BCUT2D eigenvalue weighted by molar-refractivity contribution is -0.115. The third-order valence-electron chi connectivity index (χ3n) is 4.07. The Morgan fingerprint density at radius 1 is 1.07 bits per heavy atom. The largest absolute Gasteiger partial charge is 0.507 e. The highest BCUT2D eigenvalue weighted by molar-refractivity contribution is 9.10. The third-order valence-corrected chi connectivity index (χ3v) is 4.71. The molecule has 2 N–H and O–H groups in total. The van der Waals surface area contributed by atoms with E-state index >= 15 is 0 Å². The van der Waals surface area contributed by atoms with E-state index in [1.54, 1.807) is 36.4 Å². The van der Waals surface area contributed by atoms with E-state index in [-0.39, 0.29) is 11.7 Å². The van der Waals surface area contributed by atoms with E-state index < -0.39 is 0 Å². The van der Waals surface area contributed by atoms with Gasteiger partial charge in [-0.25, -0.2) is 4.98 Å². The van der Waals surface area contributed by atoms with E-state index in [0.717, 1.165) is 11.1 Å². The number of hydrogen-bond donors (Lipinski definition) is 2. The van der Waals surface area contributed by atoms with Gasteiger partial charge in [-0.15, -0.1) is 0 Å². The monoisotopic (exact) mass is 422 g/mol. The first-order valence-electron chi connectivity index (χ1n) is 8.32. The number of carbonyl (C=O) groups is 1. The lowest BCUT2D eigenvalue weighted by atomic mass is 10.1. The van der Waals surface area contributed by atoms with Crippen molar-refractivity contribution in [2.45, 2.75) is 6.42 Å². The summed E-state index contributed by atoms with van der Waals surface area (Å²) in [6.07, 6.45) is 0.310. The number of aromatic hydroxyl groups is 1. The van der Waals surface area contributed by atoms with Crippen LogP contribution in [-0.4, -0.2) is 16.0 Å². The second-order valence-electron chi connectivity index (χ2n) is 6.08. The summed E-state index contributed by atoms with van der Waals surface area (Å²) in [4.78, 5) is 16.7. The van der Waals surface area contributed by atoms with E-state index in [4.69, 9.17) is 4.42 Å². The first-order valence-corrected chi connectivity index (χ1v) is 9.11. The van der Waals surface area contributed by atoms with Gasteiger partial charge in [0.15, 0.2) is 5.58 Å². The Morgan fingerprint density at radius 2 is 1.89 bits per heavy atom. The number of nitrogens with zero attached hydrogens (tertiary/aromatic N) is 1. The van der Waals surface area contributed by atoms with Crippen molar-refractivity contribution in [3.8, 4) is 17.2 Å². The van der Waals surface area contributed by atoms with Crippen LogP contribution in [0.3, 0.4) is 0 Å². The average molecular weight is 423 g/mol. The third kappa shape index (κ3) is 3.85. The van der Waals surface area contributed by atoms with E-state index in [0.29, 0.717) is 33.6 Å². The number of phenols is 1. The van der Waals surface area contributed by atoms with E-state index in [1.807, 2.05) is 30.3 Å². The van der Waals surface area contributed by atoms with Gasteiger partial charge in [-0.1, -0.05) is 30.3 Å². The number of anilines is 1. The van der Waals surface area contributed by atoms with Crippen LogP contribution in [0.15, 0.2) is 75.6 Å². The first kappa shape index (κ1) is 17.3. The van der Waals surface area contributed by atoms with E-state index in [2.05, 4.69) is 26.2 Å². The average Bonchev–Trinajstić information content (AvgIpc) is 3.08. The lowest BCUT2D eigenvalue weighted by Gasteiger charge is -2.04. The molecule has 3 aromatic carbocycles. The minimum Gasteiger partial charge on any atom is -0.507 e. The predicted molar refractivity (Wildman–Crippen MR) is 108 cm³/mol. The maximum Gasteiger partial charge on any atom is 0.228 e. The minimum absolute atomic E-state index is 0.0910. The van der Waals surface area contributed by atoms with Crippen LogP contribution in [0.2, 0.25) is 0 Å². The number of phenolic OH excluding ortho intramolecular Hbond substituents is 1. The molecule has 27 heavy (non-hydrogen) atoms. The van der Waals surface area contributed by atoms with Crippen molar-refractivity contribution in [2.24, 2.45) is 0 Å². The number of halogens is 1. The highest BCUT2D eigenvalue weighted by atomic mass is 79.9. The van der Waals surface area contributed by atoms with Gasteiger partial charge in [0.2, 0.25) is 11.8 Å². The molecule has 0 spiro atoms. The zero-order chi connectivity index (χ0) is 18.8. The van der Waals surface area contributed by atoms with Crippen LogP contribution in [-0.2, 0) is 11.2 Å². The molecule has 1 amide bonds. The summed E-state index contributed by atoms with van der Waals surface area (Å²) in [6, 6.07) is 20.0. The Hall–Kier alpha value is -3.12. The Bertz CT molecular complexity index is 1120. The second kappa shape index (κ2) is 7.25. The molecule has 5 nitrogen and oxygen atoms in total. The summed E-state index contributed by atoms with van der Waals surface area (Å²) in [5, 5.41) is 12.5. The summed E-state index contributed by atoms with van der Waals surface area (Å²) in [7, 11) is 0. The van der Waals surface area contributed by atoms with Crippen molar-refractivity contribution in [2.75, 3.05) is 5.32 Å². The maximum atomic E-state index is 12.2. The van der Waals surface area contributed by atoms with Gasteiger partial charge in [0.1, 0.15) is 11.3 Å². The summed E-state index contributed by atoms with van der Waals surface area (Å²) < 4.78 is 6.34. The van der Waals surface area contributed by atoms with E-state index in [9.17, 15) is 9.90 Å². The highest BCUT2D eigenvalue weighted by Gasteiger charge is 2.11. The molecule has 0 unspecified atom stereocenters. The van der Waals surface area contributed by atoms with Crippen LogP contribution in [0, 0.1) is 0 Å². The van der Waals surface area contributed by atoms with Gasteiger partial charge in [-0.2, -0.15) is 0 Å². The molecule has 4 aromatic rings. The topological polar surface area (TPSA) is 75.4 Å². The molecule has 0 aliphatic rings. The summed E-state index contributed by atoms with van der Waals surface area (Å²) in [5.41, 5.74) is 3.63. The number of carbonyl (C=O) groups excluding carboxylic acids is 1. The Balaban J connectivity index is 1.55. The van der Waals surface area contributed by atoms with Crippen molar-refractivity contribution < 1.29 is 14.3 Å². The molecule has 0 atom stereocenters. The molecule has 134 valence electrons. The fourth-order valence-corrected chi connectivity index (χ4v) is 3.13. The number of benzene rings is 3. The number of nitrogens with one attached hydrogen (secondary N) is 1. The molecule has 0 radical (unpaired) electrons. The molecule has 0 saturated carbocycles. The molecule has 0 saturated heterocycles. The van der Waals surface area contributed by atoms with Gasteiger partial charge in [0.05, 0.1) is 10.9 Å². The zero-order valence-corrected chi connectivity index (χ0v) is 15.7. The first-order chi connectivity index (χ1) is 13.1. The molecular weight excluding hydrogens is 408 g/mol. The number of hydrogen-bond acceptors (Lipinski definition) is 4.